The smallest absolute Gasteiger partial charge is 0.141 e. The van der Waals surface area contributed by atoms with Gasteiger partial charge in [0.2, 0.25) is 0 Å². The summed E-state index contributed by atoms with van der Waals surface area (Å²) >= 11 is 3.49. The van der Waals surface area contributed by atoms with Crippen LogP contribution in [0.15, 0.2) is 10.7 Å². The molecule has 0 bridgehead atoms. The van der Waals surface area contributed by atoms with Crippen molar-refractivity contribution in [2.45, 2.75) is 45.1 Å². The van der Waals surface area contributed by atoms with Crippen molar-refractivity contribution in [2.75, 3.05) is 0 Å². The average Bonchev–Trinajstić information content (AvgIpc) is 2.75. The fraction of sp³-hybridized carbons (Fsp3) is 0.636. The summed E-state index contributed by atoms with van der Waals surface area (Å²) in [5.74, 6) is 0.446. The number of carbonyl (C=O) groups is 1. The lowest BCUT2D eigenvalue weighted by atomic mass is 10.0. The molecule has 0 radical (unpaired) electrons. The van der Waals surface area contributed by atoms with Gasteiger partial charge in [-0.05, 0) is 35.2 Å². The zero-order valence-electron chi connectivity index (χ0n) is 8.87. The predicted molar refractivity (Wildman–Crippen MR) is 61.8 cm³/mol. The maximum Gasteiger partial charge on any atom is 0.141 e. The minimum atomic E-state index is 0.0772. The third-order valence-corrected chi connectivity index (χ3v) is 3.51. The highest BCUT2D eigenvalue weighted by molar-refractivity contribution is 9.10. The summed E-state index contributed by atoms with van der Waals surface area (Å²) in [7, 11) is 0. The van der Waals surface area contributed by atoms with Gasteiger partial charge >= 0.3 is 0 Å². The van der Waals surface area contributed by atoms with Gasteiger partial charge in [-0.25, -0.2) is 0 Å². The summed E-state index contributed by atoms with van der Waals surface area (Å²) in [4.78, 5) is 11.7. The van der Waals surface area contributed by atoms with Crippen LogP contribution >= 0.6 is 15.9 Å². The Balaban J connectivity index is 2.32. The third-order valence-electron chi connectivity index (χ3n) is 2.90. The molecule has 1 aliphatic carbocycles. The number of hydrogen-bond acceptors (Lipinski definition) is 2. The molecule has 2 rings (SSSR count). The van der Waals surface area contributed by atoms with E-state index in [4.69, 9.17) is 0 Å². The summed E-state index contributed by atoms with van der Waals surface area (Å²) in [5.41, 5.74) is 1.08. The van der Waals surface area contributed by atoms with Gasteiger partial charge in [-0.1, -0.05) is 6.92 Å². The number of halogens is 1. The van der Waals surface area contributed by atoms with Crippen molar-refractivity contribution in [3.05, 3.63) is 16.4 Å². The number of hydrogen-bond donors (Lipinski definition) is 0. The minimum absolute atomic E-state index is 0.0772. The molecule has 0 N–H and O–H groups in total. The lowest BCUT2D eigenvalue weighted by Crippen LogP contribution is -2.13. The summed E-state index contributed by atoms with van der Waals surface area (Å²) < 4.78 is 2.95. The number of ketones is 1. The Bertz CT molecular complexity index is 373. The molecule has 1 aromatic rings. The van der Waals surface area contributed by atoms with Crippen LogP contribution in [-0.2, 0) is 11.3 Å². The summed E-state index contributed by atoms with van der Waals surface area (Å²) in [6.07, 6.45) is 5.58. The highest BCUT2D eigenvalue weighted by Gasteiger charge is 2.30. The molecule has 1 atom stereocenters. The number of nitrogens with zero attached hydrogens (tertiary/aromatic N) is 2. The highest BCUT2D eigenvalue weighted by Crippen LogP contribution is 2.35. The fourth-order valence-electron chi connectivity index (χ4n) is 2.21. The van der Waals surface area contributed by atoms with Crippen LogP contribution in [0.1, 0.15) is 44.2 Å². The van der Waals surface area contributed by atoms with Crippen LogP contribution < -0.4 is 0 Å². The van der Waals surface area contributed by atoms with Crippen molar-refractivity contribution in [2.24, 2.45) is 0 Å². The quantitative estimate of drug-likeness (QED) is 0.847. The molecule has 0 aliphatic heterocycles. The number of Topliss-reactive ketones (excluding diaryl/α,β-unsaturated/α-hetero) is 1. The van der Waals surface area contributed by atoms with Gasteiger partial charge in [0.25, 0.3) is 0 Å². The van der Waals surface area contributed by atoms with E-state index in [9.17, 15) is 4.79 Å². The second-order valence-corrected chi connectivity index (χ2v) is 4.87. The van der Waals surface area contributed by atoms with Crippen LogP contribution in [0.25, 0.3) is 0 Å². The maximum absolute atomic E-state index is 11.7. The van der Waals surface area contributed by atoms with Crippen LogP contribution in [0.5, 0.6) is 0 Å². The largest absolute Gasteiger partial charge is 0.299 e. The molecular formula is C11H15BrN2O. The molecule has 0 spiro atoms. The van der Waals surface area contributed by atoms with Gasteiger partial charge in [0.05, 0.1) is 22.3 Å². The third kappa shape index (κ3) is 2.00. The molecule has 82 valence electrons. The lowest BCUT2D eigenvalue weighted by molar-refractivity contribution is -0.118. The zero-order valence-corrected chi connectivity index (χ0v) is 10.5. The van der Waals surface area contributed by atoms with Crippen molar-refractivity contribution >= 4 is 21.7 Å². The Morgan fingerprint density at radius 3 is 3.07 bits per heavy atom. The van der Waals surface area contributed by atoms with Gasteiger partial charge in [-0.2, -0.15) is 5.10 Å². The molecule has 1 unspecified atom stereocenters. The monoisotopic (exact) mass is 270 g/mol. The molecule has 1 aromatic heterocycles. The molecule has 1 saturated carbocycles. The normalized spacial score (nSPS) is 21.2. The first-order valence-electron chi connectivity index (χ1n) is 5.48. The number of carbonyl (C=O) groups excluding carboxylic acids is 1. The molecule has 0 amide bonds. The molecule has 4 heteroatoms. The first-order chi connectivity index (χ1) is 7.24. The maximum atomic E-state index is 11.7. The van der Waals surface area contributed by atoms with E-state index in [0.717, 1.165) is 42.4 Å². The Labute approximate surface area is 98.0 Å². The molecular weight excluding hydrogens is 256 g/mol. The first kappa shape index (κ1) is 10.9. The Morgan fingerprint density at radius 1 is 1.67 bits per heavy atom. The van der Waals surface area contributed by atoms with Crippen molar-refractivity contribution in [1.29, 1.82) is 0 Å². The molecule has 3 nitrogen and oxygen atoms in total. The topological polar surface area (TPSA) is 34.9 Å². The van der Waals surface area contributed by atoms with Crippen LogP contribution in [0.4, 0.5) is 0 Å². The van der Waals surface area contributed by atoms with Gasteiger partial charge in [-0.15, -0.1) is 0 Å². The van der Waals surface area contributed by atoms with Gasteiger partial charge in [0.1, 0.15) is 5.78 Å². The van der Waals surface area contributed by atoms with E-state index in [1.165, 1.54) is 0 Å². The van der Waals surface area contributed by atoms with Crippen molar-refractivity contribution in [3.63, 3.8) is 0 Å². The lowest BCUT2D eigenvalue weighted by Gasteiger charge is -2.11. The van der Waals surface area contributed by atoms with Crippen LogP contribution in [0.2, 0.25) is 0 Å². The van der Waals surface area contributed by atoms with Crippen LogP contribution in [-0.4, -0.2) is 15.6 Å². The van der Waals surface area contributed by atoms with E-state index in [1.54, 1.807) is 6.20 Å². The minimum Gasteiger partial charge on any atom is -0.299 e. The van der Waals surface area contributed by atoms with E-state index in [2.05, 4.69) is 28.0 Å². The first-order valence-corrected chi connectivity index (χ1v) is 6.27. The molecule has 1 fully saturated rings. The molecule has 0 saturated heterocycles. The van der Waals surface area contributed by atoms with Crippen molar-refractivity contribution in [1.82, 2.24) is 9.78 Å². The van der Waals surface area contributed by atoms with Crippen molar-refractivity contribution < 1.29 is 4.79 Å². The number of rotatable bonds is 3. The van der Waals surface area contributed by atoms with Gasteiger partial charge in [0.15, 0.2) is 0 Å². The van der Waals surface area contributed by atoms with Crippen molar-refractivity contribution in [3.8, 4) is 0 Å². The summed E-state index contributed by atoms with van der Waals surface area (Å²) in [6.45, 7) is 3.01. The Morgan fingerprint density at radius 2 is 2.47 bits per heavy atom. The van der Waals surface area contributed by atoms with E-state index in [-0.39, 0.29) is 5.92 Å². The van der Waals surface area contributed by atoms with Gasteiger partial charge in [-0.3, -0.25) is 9.48 Å². The Kier molecular flexibility index (Phi) is 3.24. The van der Waals surface area contributed by atoms with Gasteiger partial charge in [0, 0.05) is 13.0 Å². The van der Waals surface area contributed by atoms with E-state index in [0.29, 0.717) is 5.78 Å². The SMILES string of the molecule is CCCn1ncc(Br)c1C1CCCC1=O. The highest BCUT2D eigenvalue weighted by atomic mass is 79.9. The van der Waals surface area contributed by atoms with Crippen LogP contribution in [0.3, 0.4) is 0 Å². The standard InChI is InChI=1S/C11H15BrN2O/c1-2-6-14-11(9(12)7-13-14)8-4-3-5-10(8)15/h7-8H,2-6H2,1H3. The summed E-state index contributed by atoms with van der Waals surface area (Å²) in [5, 5.41) is 4.30. The molecule has 0 aromatic carbocycles. The number of aryl methyl sites for hydroxylation is 1. The zero-order chi connectivity index (χ0) is 10.8. The second kappa shape index (κ2) is 4.47. The average molecular weight is 271 g/mol. The van der Waals surface area contributed by atoms with E-state index in [1.807, 2.05) is 4.68 Å². The predicted octanol–water partition coefficient (Wildman–Crippen LogP) is 2.89. The second-order valence-electron chi connectivity index (χ2n) is 4.01. The fourth-order valence-corrected chi connectivity index (χ4v) is 2.79. The number of aromatic nitrogens is 2. The summed E-state index contributed by atoms with van der Waals surface area (Å²) in [6, 6.07) is 0. The molecule has 1 aliphatic rings. The van der Waals surface area contributed by atoms with E-state index < -0.39 is 0 Å². The van der Waals surface area contributed by atoms with E-state index >= 15 is 0 Å². The van der Waals surface area contributed by atoms with Crippen LogP contribution in [0, 0.1) is 0 Å². The molecule has 15 heavy (non-hydrogen) atoms. The van der Waals surface area contributed by atoms with Gasteiger partial charge < -0.3 is 0 Å². The Hall–Kier alpha value is -0.640. The molecule has 1 heterocycles.